The highest BCUT2D eigenvalue weighted by Crippen LogP contribution is 2.39. The highest BCUT2D eigenvalue weighted by atomic mass is 32.2. The fourth-order valence-electron chi connectivity index (χ4n) is 4.18. The Hall–Kier alpha value is -4.82. The van der Waals surface area contributed by atoms with Gasteiger partial charge in [0.15, 0.2) is 0 Å². The summed E-state index contributed by atoms with van der Waals surface area (Å²) >= 11 is 1.18. The lowest BCUT2D eigenvalue weighted by atomic mass is 10.1. The molecule has 0 radical (unpaired) electrons. The predicted molar refractivity (Wildman–Crippen MR) is 159 cm³/mol. The second-order valence-electron chi connectivity index (χ2n) is 9.22. The first kappa shape index (κ1) is 26.8. The Morgan fingerprint density at radius 2 is 1.50 bits per heavy atom. The molecule has 0 fully saturated rings. The number of thioether (sulfide) groups is 1. The normalized spacial score (nSPS) is 13.0. The number of nitrogens with one attached hydrogen (secondary N) is 2. The molecule has 1 heterocycles. The number of imide groups is 1. The number of amides is 3. The van der Waals surface area contributed by atoms with Crippen LogP contribution in [-0.4, -0.2) is 24.8 Å². The molecule has 4 aromatic rings. The molecule has 200 valence electrons. The van der Waals surface area contributed by atoms with Gasteiger partial charge >= 0.3 is 0 Å². The van der Waals surface area contributed by atoms with Crippen LogP contribution < -0.4 is 20.3 Å². The smallest absolute Gasteiger partial charge is 0.283 e. The van der Waals surface area contributed by atoms with Crippen LogP contribution >= 0.6 is 11.8 Å². The van der Waals surface area contributed by atoms with E-state index in [9.17, 15) is 14.4 Å². The number of anilines is 3. The minimum absolute atomic E-state index is 0.201. The molecule has 0 saturated heterocycles. The van der Waals surface area contributed by atoms with Gasteiger partial charge in [-0.05, 0) is 91.7 Å². The molecule has 0 saturated carbocycles. The molecule has 3 amide bonds. The van der Waals surface area contributed by atoms with Crippen molar-refractivity contribution in [3.8, 4) is 5.75 Å². The number of rotatable bonds is 8. The van der Waals surface area contributed by atoms with E-state index in [0.717, 1.165) is 11.1 Å². The van der Waals surface area contributed by atoms with Gasteiger partial charge < -0.3 is 15.4 Å². The van der Waals surface area contributed by atoms with E-state index in [-0.39, 0.29) is 16.5 Å². The van der Waals surface area contributed by atoms with E-state index in [1.165, 1.54) is 16.7 Å². The zero-order valence-electron chi connectivity index (χ0n) is 22.2. The summed E-state index contributed by atoms with van der Waals surface area (Å²) in [4.78, 5) is 42.3. The van der Waals surface area contributed by atoms with Crippen molar-refractivity contribution in [3.05, 3.63) is 124 Å². The maximum Gasteiger partial charge on any atom is 0.283 e. The first-order chi connectivity index (χ1) is 19.3. The number of hydrogen-bond donors (Lipinski definition) is 2. The molecule has 5 rings (SSSR count). The van der Waals surface area contributed by atoms with E-state index in [0.29, 0.717) is 33.3 Å². The van der Waals surface area contributed by atoms with Crippen LogP contribution in [0.1, 0.15) is 21.5 Å². The number of carbonyl (C=O) groups is 3. The maximum absolute atomic E-state index is 13.7. The minimum atomic E-state index is -0.427. The second-order valence-corrected chi connectivity index (χ2v) is 10.3. The van der Waals surface area contributed by atoms with Gasteiger partial charge in [0.25, 0.3) is 17.7 Å². The molecule has 7 nitrogen and oxygen atoms in total. The summed E-state index contributed by atoms with van der Waals surface area (Å²) in [5.74, 6) is -0.454. The first-order valence-electron chi connectivity index (χ1n) is 12.6. The number of nitrogens with zero attached hydrogens (tertiary/aromatic N) is 1. The van der Waals surface area contributed by atoms with Crippen molar-refractivity contribution in [1.29, 1.82) is 0 Å². The first-order valence-corrected chi connectivity index (χ1v) is 13.4. The summed E-state index contributed by atoms with van der Waals surface area (Å²) < 4.78 is 5.16. The third-order valence-electron chi connectivity index (χ3n) is 6.50. The molecule has 2 N–H and O–H groups in total. The molecule has 1 aliphatic rings. The summed E-state index contributed by atoms with van der Waals surface area (Å²) in [7, 11) is 1.57. The van der Waals surface area contributed by atoms with Crippen LogP contribution in [0, 0.1) is 13.8 Å². The molecular formula is C32H27N3O4S. The van der Waals surface area contributed by atoms with Crippen LogP contribution in [0.2, 0.25) is 0 Å². The van der Waals surface area contributed by atoms with E-state index in [1.807, 2.05) is 62.4 Å². The molecule has 4 aromatic carbocycles. The van der Waals surface area contributed by atoms with Gasteiger partial charge in [-0.1, -0.05) is 42.1 Å². The lowest BCUT2D eigenvalue weighted by Crippen LogP contribution is -2.32. The predicted octanol–water partition coefficient (Wildman–Crippen LogP) is 6.55. The van der Waals surface area contributed by atoms with Gasteiger partial charge in [0.1, 0.15) is 16.4 Å². The molecule has 0 unspecified atom stereocenters. The lowest BCUT2D eigenvalue weighted by molar-refractivity contribution is -0.120. The lowest BCUT2D eigenvalue weighted by Gasteiger charge is -2.16. The Labute approximate surface area is 236 Å². The van der Waals surface area contributed by atoms with Crippen LogP contribution in [0.3, 0.4) is 0 Å². The average molecular weight is 550 g/mol. The van der Waals surface area contributed by atoms with Crippen molar-refractivity contribution in [2.45, 2.75) is 18.7 Å². The van der Waals surface area contributed by atoms with Crippen LogP contribution in [0.15, 0.2) is 113 Å². The Bertz CT molecular complexity index is 1630. The van der Waals surface area contributed by atoms with Gasteiger partial charge in [0.05, 0.1) is 12.8 Å². The third kappa shape index (κ3) is 5.62. The second kappa shape index (κ2) is 11.5. The zero-order valence-corrected chi connectivity index (χ0v) is 23.0. The molecule has 0 atom stereocenters. The summed E-state index contributed by atoms with van der Waals surface area (Å²) in [6.07, 6.45) is 0. The van der Waals surface area contributed by atoms with Crippen molar-refractivity contribution >= 4 is 46.5 Å². The Balaban J connectivity index is 1.44. The maximum atomic E-state index is 13.7. The number of methoxy groups -OCH3 is 1. The monoisotopic (exact) mass is 549 g/mol. The molecule has 8 heteroatoms. The highest BCUT2D eigenvalue weighted by molar-refractivity contribution is 8.04. The van der Waals surface area contributed by atoms with Crippen molar-refractivity contribution in [2.24, 2.45) is 0 Å². The van der Waals surface area contributed by atoms with Crippen molar-refractivity contribution in [1.82, 2.24) is 0 Å². The van der Waals surface area contributed by atoms with Crippen LogP contribution in [0.4, 0.5) is 17.1 Å². The number of ether oxygens (including phenoxy) is 1. The fourth-order valence-corrected chi connectivity index (χ4v) is 5.17. The zero-order chi connectivity index (χ0) is 28.2. The standard InChI is InChI=1S/C32H27N3O4S/c1-20-12-15-25(18-21(20)2)35-31(37)28(33-23-8-5-4-6-9-23)29(32(35)38)40-27-11-7-10-24(19-27)34-30(36)22-13-16-26(39-3)17-14-22/h4-19,33H,1-3H3,(H,34,36). The van der Waals surface area contributed by atoms with Crippen molar-refractivity contribution in [3.63, 3.8) is 0 Å². The fraction of sp³-hybridized carbons (Fsp3) is 0.0938. The molecule has 0 aromatic heterocycles. The van der Waals surface area contributed by atoms with Crippen LogP contribution in [0.25, 0.3) is 0 Å². The highest BCUT2D eigenvalue weighted by Gasteiger charge is 2.40. The van der Waals surface area contributed by atoms with Crippen LogP contribution in [0.5, 0.6) is 5.75 Å². The molecule has 0 aliphatic carbocycles. The number of benzene rings is 4. The largest absolute Gasteiger partial charge is 0.497 e. The summed E-state index contributed by atoms with van der Waals surface area (Å²) in [6, 6.07) is 28.7. The topological polar surface area (TPSA) is 87.7 Å². The molecule has 0 spiro atoms. The average Bonchev–Trinajstić information content (AvgIpc) is 3.19. The van der Waals surface area contributed by atoms with E-state index in [2.05, 4.69) is 10.6 Å². The molecular weight excluding hydrogens is 522 g/mol. The quantitative estimate of drug-likeness (QED) is 0.242. The van der Waals surface area contributed by atoms with Gasteiger partial charge in [-0.2, -0.15) is 0 Å². The van der Waals surface area contributed by atoms with E-state index < -0.39 is 11.8 Å². The Morgan fingerprint density at radius 1 is 0.775 bits per heavy atom. The molecule has 40 heavy (non-hydrogen) atoms. The molecule has 1 aliphatic heterocycles. The van der Waals surface area contributed by atoms with Crippen molar-refractivity contribution < 1.29 is 19.1 Å². The number of para-hydroxylation sites is 1. The van der Waals surface area contributed by atoms with E-state index in [4.69, 9.17) is 4.74 Å². The van der Waals surface area contributed by atoms with Gasteiger partial charge in [0.2, 0.25) is 0 Å². The summed E-state index contributed by atoms with van der Waals surface area (Å²) in [5.41, 5.74) is 4.51. The van der Waals surface area contributed by atoms with Gasteiger partial charge in [-0.15, -0.1) is 0 Å². The van der Waals surface area contributed by atoms with Gasteiger partial charge in [0, 0.05) is 21.8 Å². The Morgan fingerprint density at radius 3 is 2.20 bits per heavy atom. The summed E-state index contributed by atoms with van der Waals surface area (Å²) in [6.45, 7) is 3.93. The van der Waals surface area contributed by atoms with Gasteiger partial charge in [-0.25, -0.2) is 4.90 Å². The number of aryl methyl sites for hydroxylation is 2. The van der Waals surface area contributed by atoms with Crippen LogP contribution in [-0.2, 0) is 9.59 Å². The Kier molecular flexibility index (Phi) is 7.70. The number of hydrogen-bond acceptors (Lipinski definition) is 6. The number of carbonyl (C=O) groups excluding carboxylic acids is 3. The van der Waals surface area contributed by atoms with E-state index in [1.54, 1.807) is 55.6 Å². The minimum Gasteiger partial charge on any atom is -0.497 e. The van der Waals surface area contributed by atoms with E-state index >= 15 is 0 Å². The van der Waals surface area contributed by atoms with Crippen molar-refractivity contribution in [2.75, 3.05) is 22.6 Å². The SMILES string of the molecule is COc1ccc(C(=O)Nc2cccc(SC3=C(Nc4ccccc4)C(=O)N(c4ccc(C)c(C)c4)C3=O)c2)cc1. The summed E-state index contributed by atoms with van der Waals surface area (Å²) in [5, 5.41) is 6.05. The third-order valence-corrected chi connectivity index (χ3v) is 7.57. The van der Waals surface area contributed by atoms with Gasteiger partial charge in [-0.3, -0.25) is 14.4 Å². The molecule has 0 bridgehead atoms.